The summed E-state index contributed by atoms with van der Waals surface area (Å²) >= 11 is 6.28. The third kappa shape index (κ3) is 2.47. The van der Waals surface area contributed by atoms with Gasteiger partial charge in [-0.15, -0.1) is 0 Å². The third-order valence-corrected chi connectivity index (χ3v) is 6.42. The number of anilines is 1. The van der Waals surface area contributed by atoms with Gasteiger partial charge >= 0.3 is 0 Å². The van der Waals surface area contributed by atoms with Crippen LogP contribution < -0.4 is 5.32 Å². The lowest BCUT2D eigenvalue weighted by Gasteiger charge is -2.43. The average Bonchev–Trinajstić information content (AvgIpc) is 3.11. The van der Waals surface area contributed by atoms with Crippen LogP contribution in [0.15, 0.2) is 65.1 Å². The van der Waals surface area contributed by atoms with Gasteiger partial charge in [0.15, 0.2) is 0 Å². The normalized spacial score (nSPS) is 24.0. The van der Waals surface area contributed by atoms with Crippen molar-refractivity contribution >= 4 is 39.2 Å². The second-order valence-corrected chi connectivity index (χ2v) is 8.24. The van der Waals surface area contributed by atoms with E-state index in [0.717, 1.165) is 41.3 Å². The first kappa shape index (κ1) is 16.5. The number of fused-ring (bicyclic) bond motifs is 6. The second kappa shape index (κ2) is 6.26. The van der Waals surface area contributed by atoms with Gasteiger partial charge in [0.1, 0.15) is 11.2 Å². The van der Waals surface area contributed by atoms with E-state index in [-0.39, 0.29) is 12.1 Å². The number of ether oxygens (including phenoxy) is 1. The van der Waals surface area contributed by atoms with Crippen LogP contribution in [0.4, 0.5) is 5.69 Å². The van der Waals surface area contributed by atoms with Crippen LogP contribution in [-0.4, -0.2) is 6.61 Å². The molecule has 0 amide bonds. The lowest BCUT2D eigenvalue weighted by Crippen LogP contribution is -2.35. The molecule has 3 heterocycles. The van der Waals surface area contributed by atoms with Crippen LogP contribution in [0, 0.1) is 5.92 Å². The number of nitrogens with one attached hydrogen (secondary N) is 1. The first-order valence-electron chi connectivity index (χ1n) is 9.87. The Labute approximate surface area is 168 Å². The number of benzene rings is 3. The predicted molar refractivity (Wildman–Crippen MR) is 113 cm³/mol. The number of halogens is 1. The summed E-state index contributed by atoms with van der Waals surface area (Å²) in [5.41, 5.74) is 5.45. The lowest BCUT2D eigenvalue weighted by atomic mass is 9.77. The van der Waals surface area contributed by atoms with Crippen molar-refractivity contribution in [1.29, 1.82) is 0 Å². The van der Waals surface area contributed by atoms with Crippen LogP contribution in [0.1, 0.15) is 36.1 Å². The first-order valence-corrected chi connectivity index (χ1v) is 10.2. The van der Waals surface area contributed by atoms with E-state index in [9.17, 15) is 0 Å². The van der Waals surface area contributed by atoms with E-state index in [1.165, 1.54) is 21.9 Å². The summed E-state index contributed by atoms with van der Waals surface area (Å²) in [5.74, 6) is 0.385. The minimum Gasteiger partial charge on any atom is -0.456 e. The largest absolute Gasteiger partial charge is 0.456 e. The quantitative estimate of drug-likeness (QED) is 0.385. The Hall–Kier alpha value is -2.49. The summed E-state index contributed by atoms with van der Waals surface area (Å²) in [5, 5.41) is 6.87. The molecule has 3 atom stereocenters. The van der Waals surface area contributed by atoms with Gasteiger partial charge < -0.3 is 14.5 Å². The number of hydrogen-bond acceptors (Lipinski definition) is 3. The van der Waals surface area contributed by atoms with Gasteiger partial charge in [0.05, 0.1) is 12.1 Å². The Bertz CT molecular complexity index is 1200. The molecule has 0 spiro atoms. The van der Waals surface area contributed by atoms with Crippen LogP contribution in [0.5, 0.6) is 0 Å². The molecule has 6 rings (SSSR count). The Morgan fingerprint density at radius 1 is 0.929 bits per heavy atom. The number of rotatable bonds is 1. The van der Waals surface area contributed by atoms with E-state index in [1.54, 1.807) is 0 Å². The fourth-order valence-corrected chi connectivity index (χ4v) is 5.09. The van der Waals surface area contributed by atoms with Crippen molar-refractivity contribution in [2.45, 2.75) is 25.0 Å². The molecule has 1 aromatic heterocycles. The van der Waals surface area contributed by atoms with Crippen LogP contribution in [-0.2, 0) is 4.74 Å². The summed E-state index contributed by atoms with van der Waals surface area (Å²) in [6.07, 6.45) is 2.32. The van der Waals surface area contributed by atoms with Crippen LogP contribution in [0.3, 0.4) is 0 Å². The molecule has 0 saturated carbocycles. The fraction of sp³-hybridized carbons (Fsp3) is 0.250. The molecular formula is C24H20ClNO2. The Kier molecular flexibility index (Phi) is 3.68. The van der Waals surface area contributed by atoms with Gasteiger partial charge in [-0.25, -0.2) is 0 Å². The molecule has 2 aliphatic heterocycles. The monoisotopic (exact) mass is 389 g/mol. The highest BCUT2D eigenvalue weighted by Crippen LogP contribution is 2.50. The van der Waals surface area contributed by atoms with Crippen molar-refractivity contribution in [1.82, 2.24) is 0 Å². The van der Waals surface area contributed by atoms with Gasteiger partial charge in [-0.3, -0.25) is 0 Å². The van der Waals surface area contributed by atoms with Gasteiger partial charge in [0.25, 0.3) is 0 Å². The summed E-state index contributed by atoms with van der Waals surface area (Å²) in [4.78, 5) is 0. The molecule has 0 unspecified atom stereocenters. The van der Waals surface area contributed by atoms with E-state index < -0.39 is 0 Å². The van der Waals surface area contributed by atoms with E-state index in [0.29, 0.717) is 5.92 Å². The molecule has 4 heteroatoms. The minimum atomic E-state index is 0.0884. The fourth-order valence-electron chi connectivity index (χ4n) is 4.91. The van der Waals surface area contributed by atoms with Crippen molar-refractivity contribution in [3.8, 4) is 0 Å². The molecule has 0 aliphatic carbocycles. The van der Waals surface area contributed by atoms with Crippen molar-refractivity contribution in [3.63, 3.8) is 0 Å². The van der Waals surface area contributed by atoms with Gasteiger partial charge in [0.2, 0.25) is 0 Å². The van der Waals surface area contributed by atoms with E-state index in [1.807, 2.05) is 18.2 Å². The second-order valence-electron chi connectivity index (χ2n) is 7.80. The van der Waals surface area contributed by atoms with Gasteiger partial charge in [0, 0.05) is 39.6 Å². The molecule has 3 nitrogen and oxygen atoms in total. The van der Waals surface area contributed by atoms with Crippen LogP contribution >= 0.6 is 11.6 Å². The molecule has 140 valence electrons. The highest BCUT2D eigenvalue weighted by atomic mass is 35.5. The minimum absolute atomic E-state index is 0.0884. The van der Waals surface area contributed by atoms with Crippen molar-refractivity contribution in [2.75, 3.05) is 11.9 Å². The average molecular weight is 390 g/mol. The lowest BCUT2D eigenvalue weighted by molar-refractivity contribution is -0.0381. The number of hydrogen-bond donors (Lipinski definition) is 1. The predicted octanol–water partition coefficient (Wildman–Crippen LogP) is 6.87. The topological polar surface area (TPSA) is 34.4 Å². The third-order valence-electron chi connectivity index (χ3n) is 6.19. The maximum absolute atomic E-state index is 6.28. The SMILES string of the molecule is Clc1ccc2c(c1)[C@@H]1OCCC[C@@H]1[C@H](c1ccc3oc4ccccc4c3c1)N2. The molecule has 4 aromatic rings. The zero-order chi connectivity index (χ0) is 18.7. The zero-order valence-electron chi connectivity index (χ0n) is 15.3. The molecule has 0 bridgehead atoms. The molecule has 0 radical (unpaired) electrons. The highest BCUT2D eigenvalue weighted by molar-refractivity contribution is 6.30. The molecule has 2 aliphatic rings. The molecule has 1 fully saturated rings. The molecule has 28 heavy (non-hydrogen) atoms. The Morgan fingerprint density at radius 3 is 2.79 bits per heavy atom. The standard InChI is InChI=1S/C24H20ClNO2/c25-15-8-9-20-19(13-15)24-17(5-3-11-27-24)23(26-20)14-7-10-22-18(12-14)16-4-1-2-6-21(16)28-22/h1-2,4,6-10,12-13,17,23-24,26H,3,5,11H2/t17-,23+,24-/m1/s1. The van der Waals surface area contributed by atoms with Crippen molar-refractivity contribution < 1.29 is 9.15 Å². The summed E-state index contributed by atoms with van der Waals surface area (Å²) in [6, 6.07) is 21.1. The summed E-state index contributed by atoms with van der Waals surface area (Å²) < 4.78 is 12.3. The van der Waals surface area contributed by atoms with Crippen molar-refractivity contribution in [3.05, 3.63) is 76.8 Å². The number of para-hydroxylation sites is 1. The first-order chi connectivity index (χ1) is 13.8. The number of furan rings is 1. The Morgan fingerprint density at radius 2 is 1.82 bits per heavy atom. The molecular weight excluding hydrogens is 370 g/mol. The van der Waals surface area contributed by atoms with E-state index in [2.05, 4.69) is 47.8 Å². The van der Waals surface area contributed by atoms with E-state index >= 15 is 0 Å². The zero-order valence-corrected chi connectivity index (χ0v) is 16.1. The van der Waals surface area contributed by atoms with Gasteiger partial charge in [-0.1, -0.05) is 35.9 Å². The van der Waals surface area contributed by atoms with Gasteiger partial charge in [-0.2, -0.15) is 0 Å². The maximum atomic E-state index is 6.28. The van der Waals surface area contributed by atoms with Crippen molar-refractivity contribution in [2.24, 2.45) is 5.92 Å². The Balaban J connectivity index is 1.49. The summed E-state index contributed by atoms with van der Waals surface area (Å²) in [6.45, 7) is 0.811. The van der Waals surface area contributed by atoms with Crippen LogP contribution in [0.2, 0.25) is 5.02 Å². The smallest absolute Gasteiger partial charge is 0.135 e. The highest BCUT2D eigenvalue weighted by Gasteiger charge is 2.40. The van der Waals surface area contributed by atoms with E-state index in [4.69, 9.17) is 20.8 Å². The molecule has 3 aromatic carbocycles. The van der Waals surface area contributed by atoms with Gasteiger partial charge in [-0.05, 0) is 54.8 Å². The summed E-state index contributed by atoms with van der Waals surface area (Å²) in [7, 11) is 0. The molecule has 1 N–H and O–H groups in total. The van der Waals surface area contributed by atoms with Crippen LogP contribution in [0.25, 0.3) is 21.9 Å². The maximum Gasteiger partial charge on any atom is 0.135 e. The molecule has 1 saturated heterocycles.